The van der Waals surface area contributed by atoms with Crippen LogP contribution >= 0.6 is 0 Å². The van der Waals surface area contributed by atoms with Gasteiger partial charge in [0.1, 0.15) is 11.6 Å². The summed E-state index contributed by atoms with van der Waals surface area (Å²) in [6.07, 6.45) is 1.24. The molecule has 0 saturated heterocycles. The van der Waals surface area contributed by atoms with Crippen molar-refractivity contribution in [2.75, 3.05) is 5.32 Å². The second-order valence-electron chi connectivity index (χ2n) is 6.35. The van der Waals surface area contributed by atoms with E-state index in [2.05, 4.69) is 31.2 Å². The Kier molecular flexibility index (Phi) is 4.64. The third kappa shape index (κ3) is 3.72. The van der Waals surface area contributed by atoms with E-state index in [-0.39, 0.29) is 17.1 Å². The van der Waals surface area contributed by atoms with Gasteiger partial charge in [0.2, 0.25) is 5.91 Å². The summed E-state index contributed by atoms with van der Waals surface area (Å²) in [6.45, 7) is 8.13. The fraction of sp³-hybridized carbons (Fsp3) is 0.412. The second-order valence-corrected chi connectivity index (χ2v) is 6.35. The second kappa shape index (κ2) is 6.30. The van der Waals surface area contributed by atoms with Crippen molar-refractivity contribution in [3.05, 3.63) is 41.8 Å². The van der Waals surface area contributed by atoms with Crippen LogP contribution < -0.4 is 5.32 Å². The maximum absolute atomic E-state index is 13.1. The maximum atomic E-state index is 13.1. The fourth-order valence-electron chi connectivity index (χ4n) is 2.05. The minimum absolute atomic E-state index is 0.0498. The number of anilines is 1. The Morgan fingerprint density at radius 1 is 1.27 bits per heavy atom. The zero-order valence-corrected chi connectivity index (χ0v) is 13.5. The molecule has 0 saturated carbocycles. The highest BCUT2D eigenvalue weighted by molar-refractivity contribution is 5.90. The molecule has 2 aromatic rings. The lowest BCUT2D eigenvalue weighted by atomic mass is 9.92. The van der Waals surface area contributed by atoms with Crippen molar-refractivity contribution in [1.29, 1.82) is 0 Å². The summed E-state index contributed by atoms with van der Waals surface area (Å²) in [4.78, 5) is 11.9. The molecule has 1 heterocycles. The average Bonchev–Trinajstić information content (AvgIpc) is 2.83. The van der Waals surface area contributed by atoms with E-state index in [0.29, 0.717) is 17.9 Å². The van der Waals surface area contributed by atoms with Crippen molar-refractivity contribution in [1.82, 2.24) is 9.78 Å². The summed E-state index contributed by atoms with van der Waals surface area (Å²) in [6, 6.07) is 7.92. The molecular formula is C17H22FN3O. The van der Waals surface area contributed by atoms with Gasteiger partial charge in [0.05, 0.1) is 11.4 Å². The Bertz CT molecular complexity index is 654. The van der Waals surface area contributed by atoms with E-state index in [1.54, 1.807) is 16.8 Å². The van der Waals surface area contributed by atoms with Gasteiger partial charge >= 0.3 is 0 Å². The topological polar surface area (TPSA) is 46.9 Å². The van der Waals surface area contributed by atoms with E-state index < -0.39 is 0 Å². The van der Waals surface area contributed by atoms with Gasteiger partial charge in [-0.05, 0) is 30.7 Å². The molecule has 1 aromatic heterocycles. The number of amides is 1. The number of nitrogens with zero attached hydrogens (tertiary/aromatic N) is 2. The molecule has 4 nitrogen and oxygen atoms in total. The van der Waals surface area contributed by atoms with E-state index in [1.807, 2.05) is 13.0 Å². The Morgan fingerprint density at radius 2 is 1.91 bits per heavy atom. The van der Waals surface area contributed by atoms with Crippen LogP contribution in [0.25, 0.3) is 5.69 Å². The Hall–Kier alpha value is -2.17. The first-order chi connectivity index (χ1) is 10.3. The van der Waals surface area contributed by atoms with Gasteiger partial charge in [-0.15, -0.1) is 0 Å². The van der Waals surface area contributed by atoms with E-state index in [4.69, 9.17) is 0 Å². The maximum Gasteiger partial charge on any atom is 0.225 e. The largest absolute Gasteiger partial charge is 0.311 e. The molecule has 2 rings (SSSR count). The number of benzene rings is 1. The summed E-state index contributed by atoms with van der Waals surface area (Å²) in [5, 5.41) is 7.46. The van der Waals surface area contributed by atoms with Crippen LogP contribution in [0.1, 0.15) is 46.2 Å². The van der Waals surface area contributed by atoms with Crippen LogP contribution in [0.15, 0.2) is 30.3 Å². The molecule has 1 amide bonds. The lowest BCUT2D eigenvalue weighted by Gasteiger charge is -2.14. The predicted octanol–water partition coefficient (Wildman–Crippen LogP) is 4.05. The van der Waals surface area contributed by atoms with E-state index in [1.165, 1.54) is 12.1 Å². The lowest BCUT2D eigenvalue weighted by molar-refractivity contribution is -0.116. The average molecular weight is 303 g/mol. The highest BCUT2D eigenvalue weighted by Gasteiger charge is 2.21. The minimum atomic E-state index is -0.302. The number of halogens is 1. The first kappa shape index (κ1) is 16.2. The van der Waals surface area contributed by atoms with Gasteiger partial charge in [-0.3, -0.25) is 4.79 Å². The van der Waals surface area contributed by atoms with Gasteiger partial charge in [0.15, 0.2) is 0 Å². The van der Waals surface area contributed by atoms with Crippen LogP contribution in [-0.4, -0.2) is 15.7 Å². The van der Waals surface area contributed by atoms with Crippen LogP contribution in [-0.2, 0) is 10.2 Å². The Labute approximate surface area is 130 Å². The smallest absolute Gasteiger partial charge is 0.225 e. The van der Waals surface area contributed by atoms with Gasteiger partial charge in [-0.2, -0.15) is 5.10 Å². The highest BCUT2D eigenvalue weighted by atomic mass is 19.1. The zero-order valence-electron chi connectivity index (χ0n) is 13.5. The molecule has 0 spiro atoms. The molecule has 0 radical (unpaired) electrons. The molecule has 0 aliphatic carbocycles. The van der Waals surface area contributed by atoms with Crippen LogP contribution in [0.3, 0.4) is 0 Å². The standard InChI is InChI=1S/C17H22FN3O/c1-5-6-16(22)19-15-11-14(17(2,3)4)20-21(15)13-9-7-12(18)8-10-13/h7-11H,5-6H2,1-4H3,(H,19,22). The number of carbonyl (C=O) groups excluding carboxylic acids is 1. The number of aromatic nitrogens is 2. The molecule has 1 aromatic carbocycles. The van der Waals surface area contributed by atoms with Gasteiger partial charge in [-0.1, -0.05) is 27.7 Å². The SMILES string of the molecule is CCCC(=O)Nc1cc(C(C)(C)C)nn1-c1ccc(F)cc1. The first-order valence-electron chi connectivity index (χ1n) is 7.47. The van der Waals surface area contributed by atoms with Crippen LogP contribution in [0.5, 0.6) is 0 Å². The van der Waals surface area contributed by atoms with Crippen LogP contribution in [0.4, 0.5) is 10.2 Å². The van der Waals surface area contributed by atoms with Gasteiger partial charge in [-0.25, -0.2) is 9.07 Å². The molecule has 0 aliphatic rings. The van der Waals surface area contributed by atoms with Crippen LogP contribution in [0.2, 0.25) is 0 Å². The summed E-state index contributed by atoms with van der Waals surface area (Å²) < 4.78 is 14.8. The summed E-state index contributed by atoms with van der Waals surface area (Å²) in [5.74, 6) is 0.254. The van der Waals surface area contributed by atoms with E-state index >= 15 is 0 Å². The molecule has 118 valence electrons. The van der Waals surface area contributed by atoms with Crippen molar-refractivity contribution in [2.45, 2.75) is 46.0 Å². The minimum Gasteiger partial charge on any atom is -0.311 e. The number of hydrogen-bond donors (Lipinski definition) is 1. The molecular weight excluding hydrogens is 281 g/mol. The van der Waals surface area contributed by atoms with Crippen molar-refractivity contribution in [3.63, 3.8) is 0 Å². The van der Waals surface area contributed by atoms with Crippen molar-refractivity contribution in [3.8, 4) is 5.69 Å². The van der Waals surface area contributed by atoms with E-state index in [0.717, 1.165) is 12.1 Å². The van der Waals surface area contributed by atoms with Crippen molar-refractivity contribution >= 4 is 11.7 Å². The quantitative estimate of drug-likeness (QED) is 0.926. The number of nitrogens with one attached hydrogen (secondary N) is 1. The third-order valence-corrected chi connectivity index (χ3v) is 3.29. The van der Waals surface area contributed by atoms with E-state index in [9.17, 15) is 9.18 Å². The number of rotatable bonds is 4. The first-order valence-corrected chi connectivity index (χ1v) is 7.47. The molecule has 0 fully saturated rings. The van der Waals surface area contributed by atoms with Gasteiger partial charge in [0, 0.05) is 17.9 Å². The molecule has 0 aliphatic heterocycles. The molecule has 0 atom stereocenters. The lowest BCUT2D eigenvalue weighted by Crippen LogP contribution is -2.14. The normalized spacial score (nSPS) is 11.5. The Morgan fingerprint density at radius 3 is 2.45 bits per heavy atom. The molecule has 22 heavy (non-hydrogen) atoms. The summed E-state index contributed by atoms with van der Waals surface area (Å²) in [5.41, 5.74) is 1.43. The summed E-state index contributed by atoms with van der Waals surface area (Å²) in [7, 11) is 0. The number of hydrogen-bond acceptors (Lipinski definition) is 2. The molecule has 0 bridgehead atoms. The number of carbonyl (C=O) groups is 1. The monoisotopic (exact) mass is 303 g/mol. The van der Waals surface area contributed by atoms with Crippen molar-refractivity contribution < 1.29 is 9.18 Å². The molecule has 1 N–H and O–H groups in total. The fourth-order valence-corrected chi connectivity index (χ4v) is 2.05. The predicted molar refractivity (Wildman–Crippen MR) is 85.8 cm³/mol. The Balaban J connectivity index is 2.43. The summed E-state index contributed by atoms with van der Waals surface area (Å²) >= 11 is 0. The van der Waals surface area contributed by atoms with Crippen molar-refractivity contribution in [2.24, 2.45) is 0 Å². The van der Waals surface area contributed by atoms with Gasteiger partial charge in [0.25, 0.3) is 0 Å². The zero-order chi connectivity index (χ0) is 16.3. The van der Waals surface area contributed by atoms with Gasteiger partial charge < -0.3 is 5.32 Å². The third-order valence-electron chi connectivity index (χ3n) is 3.29. The molecule has 0 unspecified atom stereocenters. The van der Waals surface area contributed by atoms with Crippen LogP contribution in [0, 0.1) is 5.82 Å². The highest BCUT2D eigenvalue weighted by Crippen LogP contribution is 2.26. The molecule has 5 heteroatoms.